The van der Waals surface area contributed by atoms with Gasteiger partial charge in [0.05, 0.1) is 13.0 Å². The number of ether oxygens (including phenoxy) is 1. The summed E-state index contributed by atoms with van der Waals surface area (Å²) in [5.41, 5.74) is 2.18. The zero-order valence-electron chi connectivity index (χ0n) is 21.1. The number of methoxy groups -OCH3 is 1. The highest BCUT2D eigenvalue weighted by molar-refractivity contribution is 5.99. The van der Waals surface area contributed by atoms with E-state index in [-0.39, 0.29) is 24.5 Å². The number of carbonyl (C=O) groups is 3. The third-order valence-corrected chi connectivity index (χ3v) is 6.15. The van der Waals surface area contributed by atoms with Gasteiger partial charge >= 0.3 is 5.97 Å². The van der Waals surface area contributed by atoms with Crippen molar-refractivity contribution >= 4 is 23.7 Å². The molecule has 0 aromatic heterocycles. The van der Waals surface area contributed by atoms with E-state index in [4.69, 9.17) is 4.74 Å². The molecule has 2 rings (SSSR count). The van der Waals surface area contributed by atoms with Gasteiger partial charge in [-0.15, -0.1) is 0 Å². The van der Waals surface area contributed by atoms with Crippen molar-refractivity contribution in [3.63, 3.8) is 0 Å². The molecule has 0 fully saturated rings. The SMILES string of the molecule is CCCCCCC(=O)NC1=CCC(=O)C(CC(CCCC/C=C/c2ccc(OC)cc2)C(=O)O)=C1. The fourth-order valence-corrected chi connectivity index (χ4v) is 4.02. The minimum atomic E-state index is -0.886. The Morgan fingerprint density at radius 1 is 1.11 bits per heavy atom. The topological polar surface area (TPSA) is 92.7 Å². The monoisotopic (exact) mass is 481 g/mol. The molecular weight excluding hydrogens is 442 g/mol. The van der Waals surface area contributed by atoms with Crippen molar-refractivity contribution in [3.8, 4) is 5.75 Å². The number of aliphatic carboxylic acids is 1. The van der Waals surface area contributed by atoms with Gasteiger partial charge in [-0.2, -0.15) is 0 Å². The number of benzene rings is 1. The van der Waals surface area contributed by atoms with Crippen LogP contribution in [0.4, 0.5) is 0 Å². The lowest BCUT2D eigenvalue weighted by molar-refractivity contribution is -0.142. The molecule has 35 heavy (non-hydrogen) atoms. The number of rotatable bonds is 16. The second kappa shape index (κ2) is 15.7. The Morgan fingerprint density at radius 3 is 2.57 bits per heavy atom. The molecule has 0 bridgehead atoms. The van der Waals surface area contributed by atoms with E-state index < -0.39 is 11.9 Å². The van der Waals surface area contributed by atoms with Crippen LogP contribution < -0.4 is 10.1 Å². The van der Waals surface area contributed by atoms with Crippen molar-refractivity contribution in [2.75, 3.05) is 7.11 Å². The zero-order valence-corrected chi connectivity index (χ0v) is 21.1. The van der Waals surface area contributed by atoms with Crippen LogP contribution in [-0.4, -0.2) is 29.9 Å². The molecule has 1 aliphatic carbocycles. The van der Waals surface area contributed by atoms with Gasteiger partial charge in [0.2, 0.25) is 5.91 Å². The molecule has 0 radical (unpaired) electrons. The third-order valence-electron chi connectivity index (χ3n) is 6.15. The summed E-state index contributed by atoms with van der Waals surface area (Å²) in [5, 5.41) is 12.6. The van der Waals surface area contributed by atoms with Crippen LogP contribution in [0.15, 0.2) is 53.8 Å². The number of Topliss-reactive ketones (excluding diaryl/α,β-unsaturated/α-hetero) is 1. The van der Waals surface area contributed by atoms with Gasteiger partial charge in [0.1, 0.15) is 5.75 Å². The standard InChI is InChI=1S/C29H39NO5/c1-3-4-5-10-13-28(32)30-25-16-19-27(31)24(21-25)20-23(29(33)34)12-9-7-6-8-11-22-14-17-26(35-2)18-15-22/h8,11,14-18,21,23H,3-7,9-10,12-13,19-20H2,1-2H3,(H,30,32)(H,33,34)/b11-8+. The molecule has 0 spiro atoms. The Hall–Kier alpha value is -3.15. The first-order valence-corrected chi connectivity index (χ1v) is 12.7. The summed E-state index contributed by atoms with van der Waals surface area (Å²) < 4.78 is 5.16. The number of hydrogen-bond donors (Lipinski definition) is 2. The summed E-state index contributed by atoms with van der Waals surface area (Å²) in [6, 6.07) is 7.81. The van der Waals surface area contributed by atoms with Gasteiger partial charge in [0, 0.05) is 18.5 Å². The van der Waals surface area contributed by atoms with Crippen LogP contribution >= 0.6 is 0 Å². The summed E-state index contributed by atoms with van der Waals surface area (Å²) in [6.45, 7) is 2.13. The maximum absolute atomic E-state index is 12.4. The number of carboxylic acids is 1. The molecule has 1 unspecified atom stereocenters. The lowest BCUT2D eigenvalue weighted by Gasteiger charge is -2.18. The molecule has 6 nitrogen and oxygen atoms in total. The molecule has 6 heteroatoms. The van der Waals surface area contributed by atoms with Crippen molar-refractivity contribution in [1.82, 2.24) is 5.32 Å². The van der Waals surface area contributed by atoms with E-state index in [1.54, 1.807) is 19.3 Å². The van der Waals surface area contributed by atoms with Crippen molar-refractivity contribution in [3.05, 3.63) is 59.3 Å². The van der Waals surface area contributed by atoms with Crippen molar-refractivity contribution < 1.29 is 24.2 Å². The van der Waals surface area contributed by atoms with Gasteiger partial charge in [0.15, 0.2) is 5.78 Å². The van der Waals surface area contributed by atoms with Gasteiger partial charge in [-0.25, -0.2) is 0 Å². The molecule has 1 amide bonds. The van der Waals surface area contributed by atoms with E-state index in [0.29, 0.717) is 24.1 Å². The Balaban J connectivity index is 1.79. The minimum absolute atomic E-state index is 0.0604. The first-order valence-electron chi connectivity index (χ1n) is 12.7. The van der Waals surface area contributed by atoms with E-state index >= 15 is 0 Å². The number of carbonyl (C=O) groups excluding carboxylic acids is 2. The molecule has 0 saturated heterocycles. The maximum Gasteiger partial charge on any atom is 0.306 e. The molecule has 0 saturated carbocycles. The normalized spacial score (nSPS) is 14.4. The molecular formula is C29H39NO5. The average molecular weight is 482 g/mol. The van der Waals surface area contributed by atoms with Crippen molar-refractivity contribution in [2.24, 2.45) is 5.92 Å². The van der Waals surface area contributed by atoms with Gasteiger partial charge in [0.25, 0.3) is 0 Å². The molecule has 1 aromatic carbocycles. The number of hydrogen-bond acceptors (Lipinski definition) is 4. The lowest BCUT2D eigenvalue weighted by atomic mass is 9.89. The Bertz CT molecular complexity index is 927. The number of amides is 1. The summed E-state index contributed by atoms with van der Waals surface area (Å²) >= 11 is 0. The van der Waals surface area contributed by atoms with Crippen LogP contribution in [0, 0.1) is 5.92 Å². The van der Waals surface area contributed by atoms with Crippen molar-refractivity contribution in [1.29, 1.82) is 0 Å². The summed E-state index contributed by atoms with van der Waals surface area (Å²) in [6.07, 6.45) is 15.5. The van der Waals surface area contributed by atoms with Crippen LogP contribution in [0.3, 0.4) is 0 Å². The third kappa shape index (κ3) is 10.8. The fraction of sp³-hybridized carbons (Fsp3) is 0.483. The van der Waals surface area contributed by atoms with Gasteiger partial charge < -0.3 is 15.2 Å². The second-order valence-corrected chi connectivity index (χ2v) is 9.01. The predicted octanol–water partition coefficient (Wildman–Crippen LogP) is 6.23. The number of unbranched alkanes of at least 4 members (excludes halogenated alkanes) is 5. The molecule has 0 heterocycles. The van der Waals surface area contributed by atoms with E-state index in [1.165, 1.54) is 0 Å². The van der Waals surface area contributed by atoms with Gasteiger partial charge in [-0.3, -0.25) is 14.4 Å². The molecule has 2 N–H and O–H groups in total. The van der Waals surface area contributed by atoms with E-state index in [0.717, 1.165) is 56.3 Å². The van der Waals surface area contributed by atoms with E-state index in [1.807, 2.05) is 30.3 Å². The Labute approximate surface area is 209 Å². The van der Waals surface area contributed by atoms with Gasteiger partial charge in [-0.1, -0.05) is 63.0 Å². The summed E-state index contributed by atoms with van der Waals surface area (Å²) in [7, 11) is 1.64. The van der Waals surface area contributed by atoms with Crippen LogP contribution in [0.2, 0.25) is 0 Å². The molecule has 1 atom stereocenters. The number of nitrogens with one attached hydrogen (secondary N) is 1. The number of allylic oxidation sites excluding steroid dienone is 4. The predicted molar refractivity (Wildman–Crippen MR) is 139 cm³/mol. The molecule has 1 aromatic rings. The molecule has 190 valence electrons. The lowest BCUT2D eigenvalue weighted by Crippen LogP contribution is -2.25. The Morgan fingerprint density at radius 2 is 1.89 bits per heavy atom. The van der Waals surface area contributed by atoms with E-state index in [9.17, 15) is 19.5 Å². The highest BCUT2D eigenvalue weighted by Crippen LogP contribution is 2.24. The van der Waals surface area contributed by atoms with Crippen LogP contribution in [0.1, 0.15) is 83.1 Å². The van der Waals surface area contributed by atoms with Crippen LogP contribution in [0.5, 0.6) is 5.75 Å². The molecule has 0 aliphatic heterocycles. The first-order chi connectivity index (χ1) is 16.9. The maximum atomic E-state index is 12.4. The number of carboxylic acid groups (broad SMARTS) is 1. The number of ketones is 1. The van der Waals surface area contributed by atoms with Crippen LogP contribution in [0.25, 0.3) is 6.08 Å². The smallest absolute Gasteiger partial charge is 0.306 e. The average Bonchev–Trinajstić information content (AvgIpc) is 2.85. The largest absolute Gasteiger partial charge is 0.497 e. The van der Waals surface area contributed by atoms with E-state index in [2.05, 4.69) is 18.3 Å². The van der Waals surface area contributed by atoms with Crippen molar-refractivity contribution in [2.45, 2.75) is 77.6 Å². The van der Waals surface area contributed by atoms with Crippen LogP contribution in [-0.2, 0) is 14.4 Å². The molecule has 1 aliphatic rings. The summed E-state index contributed by atoms with van der Waals surface area (Å²) in [5.74, 6) is -0.807. The first kappa shape index (κ1) is 28.1. The zero-order chi connectivity index (χ0) is 25.5. The summed E-state index contributed by atoms with van der Waals surface area (Å²) in [4.78, 5) is 36.4. The fourth-order valence-electron chi connectivity index (χ4n) is 4.02. The Kier molecular flexibility index (Phi) is 12.6. The second-order valence-electron chi connectivity index (χ2n) is 9.01. The highest BCUT2D eigenvalue weighted by atomic mass is 16.5. The van der Waals surface area contributed by atoms with Gasteiger partial charge in [-0.05, 0) is 61.4 Å². The minimum Gasteiger partial charge on any atom is -0.497 e. The quantitative estimate of drug-likeness (QED) is 0.273. The highest BCUT2D eigenvalue weighted by Gasteiger charge is 2.24.